The average Bonchev–Trinajstić information content (AvgIpc) is 3.11. The van der Waals surface area contributed by atoms with Crippen molar-refractivity contribution in [3.63, 3.8) is 0 Å². The van der Waals surface area contributed by atoms with Crippen LogP contribution in [0.25, 0.3) is 11.4 Å². The maximum absolute atomic E-state index is 12.3. The largest absolute Gasteiger partial charge is 0.341 e. The molecule has 0 atom stereocenters. The van der Waals surface area contributed by atoms with Crippen molar-refractivity contribution in [1.29, 1.82) is 0 Å². The number of hydrogen-bond donors (Lipinski definition) is 0. The van der Waals surface area contributed by atoms with Gasteiger partial charge in [-0.05, 0) is 18.1 Å². The zero-order valence-electron chi connectivity index (χ0n) is 14.5. The van der Waals surface area contributed by atoms with Crippen LogP contribution in [0.15, 0.2) is 59.1 Å². The summed E-state index contributed by atoms with van der Waals surface area (Å²) in [7, 11) is 1.82. The molecule has 0 saturated carbocycles. The van der Waals surface area contributed by atoms with E-state index in [4.69, 9.17) is 4.52 Å². The first-order valence-electron chi connectivity index (χ1n) is 8.30. The van der Waals surface area contributed by atoms with Crippen molar-refractivity contribution in [3.8, 4) is 11.4 Å². The van der Waals surface area contributed by atoms with Crippen LogP contribution in [-0.2, 0) is 17.8 Å². The van der Waals surface area contributed by atoms with Crippen molar-refractivity contribution in [2.75, 3.05) is 7.05 Å². The Morgan fingerprint density at radius 1 is 1.08 bits per heavy atom. The van der Waals surface area contributed by atoms with E-state index in [0.717, 1.165) is 11.1 Å². The summed E-state index contributed by atoms with van der Waals surface area (Å²) < 4.78 is 5.25. The molecule has 3 aromatic rings. The third-order valence-electron chi connectivity index (χ3n) is 4.15. The van der Waals surface area contributed by atoms with Gasteiger partial charge in [0.15, 0.2) is 0 Å². The van der Waals surface area contributed by atoms with Crippen LogP contribution in [0.1, 0.15) is 23.4 Å². The minimum absolute atomic E-state index is 0.0581. The van der Waals surface area contributed by atoms with E-state index < -0.39 is 0 Å². The Balaban J connectivity index is 1.55. The highest BCUT2D eigenvalue weighted by molar-refractivity contribution is 5.76. The molecule has 0 radical (unpaired) electrons. The number of carbonyl (C=O) groups excluding carboxylic acids is 1. The van der Waals surface area contributed by atoms with E-state index in [0.29, 0.717) is 31.1 Å². The second-order valence-corrected chi connectivity index (χ2v) is 6.05. The molecule has 0 N–H and O–H groups in total. The highest BCUT2D eigenvalue weighted by Crippen LogP contribution is 2.16. The van der Waals surface area contributed by atoms with Crippen molar-refractivity contribution < 1.29 is 9.32 Å². The SMILES string of the molecule is Cc1ccccc1CN(C)C(=O)CCc1nc(-c2ccccc2)no1. The van der Waals surface area contributed by atoms with E-state index >= 15 is 0 Å². The fourth-order valence-electron chi connectivity index (χ4n) is 2.60. The monoisotopic (exact) mass is 335 g/mol. The summed E-state index contributed by atoms with van der Waals surface area (Å²) in [6.45, 7) is 2.65. The zero-order chi connectivity index (χ0) is 17.6. The van der Waals surface area contributed by atoms with Crippen LogP contribution in [-0.4, -0.2) is 28.0 Å². The Morgan fingerprint density at radius 3 is 2.56 bits per heavy atom. The highest BCUT2D eigenvalue weighted by atomic mass is 16.5. The summed E-state index contributed by atoms with van der Waals surface area (Å²) >= 11 is 0. The van der Waals surface area contributed by atoms with Crippen molar-refractivity contribution in [2.24, 2.45) is 0 Å². The van der Waals surface area contributed by atoms with E-state index in [2.05, 4.69) is 23.1 Å². The molecule has 0 saturated heterocycles. The maximum atomic E-state index is 12.3. The smallest absolute Gasteiger partial charge is 0.227 e. The molecule has 0 aliphatic carbocycles. The summed E-state index contributed by atoms with van der Waals surface area (Å²) in [6.07, 6.45) is 0.787. The summed E-state index contributed by atoms with van der Waals surface area (Å²) in [5.41, 5.74) is 3.24. The molecule has 0 aliphatic heterocycles. The number of aromatic nitrogens is 2. The molecule has 5 heteroatoms. The first kappa shape index (κ1) is 16.9. The molecule has 3 rings (SSSR count). The highest BCUT2D eigenvalue weighted by Gasteiger charge is 2.14. The molecule has 0 bridgehead atoms. The van der Waals surface area contributed by atoms with Gasteiger partial charge in [-0.3, -0.25) is 4.79 Å². The number of carbonyl (C=O) groups is 1. The van der Waals surface area contributed by atoms with Gasteiger partial charge in [-0.25, -0.2) is 0 Å². The molecular weight excluding hydrogens is 314 g/mol. The predicted octanol–water partition coefficient (Wildman–Crippen LogP) is 3.64. The van der Waals surface area contributed by atoms with Crippen LogP contribution in [0.5, 0.6) is 0 Å². The number of aryl methyl sites for hydroxylation is 2. The fourth-order valence-corrected chi connectivity index (χ4v) is 2.60. The number of benzene rings is 2. The Kier molecular flexibility index (Phi) is 5.23. The molecule has 1 heterocycles. The Bertz CT molecular complexity index is 843. The number of amides is 1. The number of nitrogens with zero attached hydrogens (tertiary/aromatic N) is 3. The van der Waals surface area contributed by atoms with Crippen LogP contribution in [0.4, 0.5) is 0 Å². The topological polar surface area (TPSA) is 59.2 Å². The normalized spacial score (nSPS) is 10.6. The maximum Gasteiger partial charge on any atom is 0.227 e. The van der Waals surface area contributed by atoms with E-state index in [1.165, 1.54) is 5.56 Å². The van der Waals surface area contributed by atoms with Gasteiger partial charge in [-0.2, -0.15) is 4.98 Å². The predicted molar refractivity (Wildman–Crippen MR) is 95.7 cm³/mol. The molecule has 1 amide bonds. The van der Waals surface area contributed by atoms with Gasteiger partial charge in [-0.15, -0.1) is 0 Å². The van der Waals surface area contributed by atoms with Crippen molar-refractivity contribution in [3.05, 3.63) is 71.6 Å². The fraction of sp³-hybridized carbons (Fsp3) is 0.250. The van der Waals surface area contributed by atoms with Gasteiger partial charge < -0.3 is 9.42 Å². The molecular formula is C20H21N3O2. The standard InChI is InChI=1S/C20H21N3O2/c1-15-8-6-7-11-17(15)14-23(2)19(24)13-12-18-21-20(22-25-18)16-9-4-3-5-10-16/h3-11H,12-14H2,1-2H3. The third-order valence-corrected chi connectivity index (χ3v) is 4.15. The van der Waals surface area contributed by atoms with Crippen molar-refractivity contribution >= 4 is 5.91 Å². The molecule has 0 aliphatic rings. The Morgan fingerprint density at radius 2 is 1.80 bits per heavy atom. The van der Waals surface area contributed by atoms with E-state index in [1.54, 1.807) is 4.90 Å². The third kappa shape index (κ3) is 4.32. The molecule has 128 valence electrons. The van der Waals surface area contributed by atoms with E-state index in [9.17, 15) is 4.79 Å². The first-order chi connectivity index (χ1) is 12.1. The minimum Gasteiger partial charge on any atom is -0.341 e. The molecule has 0 spiro atoms. The van der Waals surface area contributed by atoms with Crippen LogP contribution in [0, 0.1) is 6.92 Å². The number of hydrogen-bond acceptors (Lipinski definition) is 4. The van der Waals surface area contributed by atoms with Crippen LogP contribution in [0.3, 0.4) is 0 Å². The van der Waals surface area contributed by atoms with Crippen LogP contribution in [0.2, 0.25) is 0 Å². The second kappa shape index (κ2) is 7.75. The van der Waals surface area contributed by atoms with Gasteiger partial charge >= 0.3 is 0 Å². The lowest BCUT2D eigenvalue weighted by Gasteiger charge is -2.18. The quantitative estimate of drug-likeness (QED) is 0.690. The summed E-state index contributed by atoms with van der Waals surface area (Å²) in [6, 6.07) is 17.7. The molecule has 2 aromatic carbocycles. The van der Waals surface area contributed by atoms with Gasteiger partial charge in [-0.1, -0.05) is 59.8 Å². The molecule has 5 nitrogen and oxygen atoms in total. The first-order valence-corrected chi connectivity index (χ1v) is 8.30. The lowest BCUT2D eigenvalue weighted by atomic mass is 10.1. The molecule has 25 heavy (non-hydrogen) atoms. The van der Waals surface area contributed by atoms with Gasteiger partial charge in [0.05, 0.1) is 0 Å². The lowest BCUT2D eigenvalue weighted by molar-refractivity contribution is -0.130. The average molecular weight is 335 g/mol. The summed E-state index contributed by atoms with van der Waals surface area (Å²) in [5, 5.41) is 3.98. The molecule has 1 aromatic heterocycles. The lowest BCUT2D eigenvalue weighted by Crippen LogP contribution is -2.26. The van der Waals surface area contributed by atoms with Crippen LogP contribution < -0.4 is 0 Å². The second-order valence-electron chi connectivity index (χ2n) is 6.05. The Hall–Kier alpha value is -2.95. The van der Waals surface area contributed by atoms with Crippen molar-refractivity contribution in [2.45, 2.75) is 26.3 Å². The van der Waals surface area contributed by atoms with Gasteiger partial charge in [0.1, 0.15) is 0 Å². The summed E-state index contributed by atoms with van der Waals surface area (Å²) in [5.74, 6) is 1.09. The van der Waals surface area contributed by atoms with E-state index in [-0.39, 0.29) is 5.91 Å². The van der Waals surface area contributed by atoms with E-state index in [1.807, 2.05) is 55.6 Å². The minimum atomic E-state index is 0.0581. The van der Waals surface area contributed by atoms with Gasteiger partial charge in [0.25, 0.3) is 0 Å². The Labute approximate surface area is 147 Å². The van der Waals surface area contributed by atoms with Crippen molar-refractivity contribution in [1.82, 2.24) is 15.0 Å². The van der Waals surface area contributed by atoms with Crippen LogP contribution >= 0.6 is 0 Å². The molecule has 0 unspecified atom stereocenters. The summed E-state index contributed by atoms with van der Waals surface area (Å²) in [4.78, 5) is 18.4. The number of rotatable bonds is 6. The molecule has 0 fully saturated rings. The zero-order valence-corrected chi connectivity index (χ0v) is 14.5. The van der Waals surface area contributed by atoms with Gasteiger partial charge in [0.2, 0.25) is 17.6 Å². The van der Waals surface area contributed by atoms with Gasteiger partial charge in [0, 0.05) is 32.0 Å².